The fourth-order valence-electron chi connectivity index (χ4n) is 3.59. The average molecular weight is 406 g/mol. The maximum atomic E-state index is 13.2. The van der Waals surface area contributed by atoms with Gasteiger partial charge in [-0.15, -0.1) is 0 Å². The van der Waals surface area contributed by atoms with Gasteiger partial charge in [0.15, 0.2) is 0 Å². The fourth-order valence-corrected chi connectivity index (χ4v) is 5.42. The van der Waals surface area contributed by atoms with Gasteiger partial charge < -0.3 is 4.74 Å². The number of para-hydroxylation sites is 1. The summed E-state index contributed by atoms with van der Waals surface area (Å²) < 4.78 is 34.6. The van der Waals surface area contributed by atoms with Crippen LogP contribution in [0.25, 0.3) is 0 Å². The van der Waals surface area contributed by atoms with E-state index in [1.807, 2.05) is 6.92 Å². The molecule has 1 aliphatic heterocycles. The molecule has 0 bridgehead atoms. The van der Waals surface area contributed by atoms with Gasteiger partial charge in [0.1, 0.15) is 10.6 Å². The third-order valence-electron chi connectivity index (χ3n) is 5.18. The molecule has 1 fully saturated rings. The van der Waals surface area contributed by atoms with Crippen LogP contribution in [0.15, 0.2) is 29.2 Å². The highest BCUT2D eigenvalue weighted by molar-refractivity contribution is 7.89. The topological polar surface area (TPSA) is 81.5 Å². The van der Waals surface area contributed by atoms with Gasteiger partial charge >= 0.3 is 0 Å². The number of rotatable bonds is 5. The first-order valence-corrected chi connectivity index (χ1v) is 11.0. The molecule has 0 N–H and O–H groups in total. The molecule has 0 amide bonds. The van der Waals surface area contributed by atoms with E-state index in [0.29, 0.717) is 48.3 Å². The first kappa shape index (κ1) is 20.5. The summed E-state index contributed by atoms with van der Waals surface area (Å²) in [6.07, 6.45) is 1.68. The third-order valence-corrected chi connectivity index (χ3v) is 7.33. The van der Waals surface area contributed by atoms with Gasteiger partial charge in [0.25, 0.3) is 5.91 Å². The number of hydrogen-bond acceptors (Lipinski definition) is 5. The Morgan fingerprint density at radius 1 is 1.21 bits per heavy atom. The van der Waals surface area contributed by atoms with E-state index in [1.165, 1.54) is 8.99 Å². The molecule has 1 aromatic heterocycles. The summed E-state index contributed by atoms with van der Waals surface area (Å²) in [5.74, 6) is 0.573. The van der Waals surface area contributed by atoms with Crippen LogP contribution in [-0.4, -0.2) is 48.1 Å². The lowest BCUT2D eigenvalue weighted by Crippen LogP contribution is -2.38. The molecule has 8 heteroatoms. The maximum absolute atomic E-state index is 13.2. The molecular weight excluding hydrogens is 378 g/mol. The second-order valence-corrected chi connectivity index (χ2v) is 9.11. The number of benzene rings is 1. The van der Waals surface area contributed by atoms with Crippen LogP contribution >= 0.6 is 0 Å². The molecule has 0 unspecified atom stereocenters. The number of aryl methyl sites for hydroxylation is 1. The van der Waals surface area contributed by atoms with E-state index < -0.39 is 15.9 Å². The van der Waals surface area contributed by atoms with Crippen molar-refractivity contribution in [3.05, 3.63) is 41.2 Å². The van der Waals surface area contributed by atoms with E-state index >= 15 is 0 Å². The second-order valence-electron chi connectivity index (χ2n) is 7.23. The average Bonchev–Trinajstić information content (AvgIpc) is 2.97. The zero-order valence-corrected chi connectivity index (χ0v) is 17.6. The van der Waals surface area contributed by atoms with Gasteiger partial charge in [-0.05, 0) is 51.7 Å². The first-order chi connectivity index (χ1) is 13.3. The first-order valence-electron chi connectivity index (χ1n) is 9.60. The normalized spacial score (nSPS) is 16.3. The van der Waals surface area contributed by atoms with Gasteiger partial charge in [0.2, 0.25) is 10.0 Å². The van der Waals surface area contributed by atoms with Crippen molar-refractivity contribution in [2.24, 2.45) is 5.92 Å². The molecule has 7 nitrogen and oxygen atoms in total. The summed E-state index contributed by atoms with van der Waals surface area (Å²) in [4.78, 5) is 13.2. The smallest absolute Gasteiger partial charge is 0.282 e. The lowest BCUT2D eigenvalue weighted by Gasteiger charge is -2.29. The van der Waals surface area contributed by atoms with Gasteiger partial charge in [0.05, 0.1) is 23.6 Å². The van der Waals surface area contributed by atoms with Crippen molar-refractivity contribution in [2.75, 3.05) is 19.7 Å². The Balaban J connectivity index is 2.00. The van der Waals surface area contributed by atoms with E-state index in [1.54, 1.807) is 38.1 Å². The Morgan fingerprint density at radius 2 is 1.86 bits per heavy atom. The quantitative estimate of drug-likeness (QED) is 0.764. The molecule has 3 rings (SSSR count). The predicted octanol–water partition coefficient (Wildman–Crippen LogP) is 3.01. The second kappa shape index (κ2) is 8.05. The van der Waals surface area contributed by atoms with Gasteiger partial charge in [-0.3, -0.25) is 4.79 Å². The Hall–Kier alpha value is -2.19. The molecule has 152 valence electrons. The summed E-state index contributed by atoms with van der Waals surface area (Å²) in [5.41, 5.74) is 1.01. The van der Waals surface area contributed by atoms with Crippen molar-refractivity contribution in [3.8, 4) is 5.75 Å². The van der Waals surface area contributed by atoms with Crippen molar-refractivity contribution >= 4 is 15.9 Å². The number of piperidine rings is 1. The molecule has 2 heterocycles. The molecule has 0 radical (unpaired) electrons. The zero-order chi connectivity index (χ0) is 20.5. The van der Waals surface area contributed by atoms with Crippen LogP contribution in [0.2, 0.25) is 0 Å². The Kier molecular flexibility index (Phi) is 5.90. The SMILES string of the molecule is CCOc1ccccc1C(=O)n1nc(C)c(S(=O)(=O)N2CCC(C)CC2)c1C. The molecule has 0 saturated carbocycles. The Morgan fingerprint density at radius 3 is 2.50 bits per heavy atom. The van der Waals surface area contributed by atoms with Gasteiger partial charge in [-0.25, -0.2) is 8.42 Å². The summed E-state index contributed by atoms with van der Waals surface area (Å²) in [6.45, 7) is 8.64. The lowest BCUT2D eigenvalue weighted by molar-refractivity contribution is 0.0938. The number of carbonyl (C=O) groups is 1. The van der Waals surface area contributed by atoms with Gasteiger partial charge in [-0.2, -0.15) is 14.1 Å². The van der Waals surface area contributed by atoms with Gasteiger partial charge in [-0.1, -0.05) is 19.1 Å². The number of hydrogen-bond donors (Lipinski definition) is 0. The molecule has 2 aromatic rings. The van der Waals surface area contributed by atoms with Crippen LogP contribution in [0.4, 0.5) is 0 Å². The Labute approximate surface area is 166 Å². The van der Waals surface area contributed by atoms with Crippen LogP contribution in [0, 0.1) is 19.8 Å². The molecule has 1 aliphatic rings. The summed E-state index contributed by atoms with van der Waals surface area (Å²) >= 11 is 0. The molecule has 0 spiro atoms. The minimum Gasteiger partial charge on any atom is -0.493 e. The van der Waals surface area contributed by atoms with E-state index in [0.717, 1.165) is 12.8 Å². The molecule has 28 heavy (non-hydrogen) atoms. The number of aromatic nitrogens is 2. The van der Waals surface area contributed by atoms with Crippen LogP contribution in [0.3, 0.4) is 0 Å². The molecule has 0 atom stereocenters. The molecule has 0 aliphatic carbocycles. The summed E-state index contributed by atoms with van der Waals surface area (Å²) in [7, 11) is -3.70. The largest absolute Gasteiger partial charge is 0.493 e. The number of carbonyl (C=O) groups excluding carboxylic acids is 1. The highest BCUT2D eigenvalue weighted by Crippen LogP contribution is 2.28. The zero-order valence-electron chi connectivity index (χ0n) is 16.8. The van der Waals surface area contributed by atoms with Crippen LogP contribution in [0.5, 0.6) is 5.75 Å². The molecular formula is C20H27N3O4S. The van der Waals surface area contributed by atoms with Crippen molar-refractivity contribution < 1.29 is 17.9 Å². The standard InChI is InChI=1S/C20H27N3O4S/c1-5-27-18-9-7-6-8-17(18)20(24)23-16(4)19(15(3)21-23)28(25,26)22-12-10-14(2)11-13-22/h6-9,14H,5,10-13H2,1-4H3. The maximum Gasteiger partial charge on any atom is 0.282 e. The van der Waals surface area contributed by atoms with E-state index in [9.17, 15) is 13.2 Å². The minimum absolute atomic E-state index is 0.129. The van der Waals surface area contributed by atoms with E-state index in [2.05, 4.69) is 12.0 Å². The predicted molar refractivity (Wildman–Crippen MR) is 106 cm³/mol. The van der Waals surface area contributed by atoms with Crippen LogP contribution < -0.4 is 4.74 Å². The van der Waals surface area contributed by atoms with Crippen LogP contribution in [0.1, 0.15) is 48.4 Å². The number of ether oxygens (including phenoxy) is 1. The number of nitrogens with zero attached hydrogens (tertiary/aromatic N) is 3. The minimum atomic E-state index is -3.70. The molecule has 1 aromatic carbocycles. The van der Waals surface area contributed by atoms with Crippen LogP contribution in [-0.2, 0) is 10.0 Å². The fraction of sp³-hybridized carbons (Fsp3) is 0.500. The lowest BCUT2D eigenvalue weighted by atomic mass is 10.0. The monoisotopic (exact) mass is 405 g/mol. The van der Waals surface area contributed by atoms with Crippen molar-refractivity contribution in [1.29, 1.82) is 0 Å². The highest BCUT2D eigenvalue weighted by atomic mass is 32.2. The van der Waals surface area contributed by atoms with Crippen molar-refractivity contribution in [3.63, 3.8) is 0 Å². The van der Waals surface area contributed by atoms with E-state index in [-0.39, 0.29) is 4.90 Å². The third kappa shape index (κ3) is 3.71. The highest BCUT2D eigenvalue weighted by Gasteiger charge is 2.34. The summed E-state index contributed by atoms with van der Waals surface area (Å²) in [5, 5.41) is 4.27. The van der Waals surface area contributed by atoms with Crippen molar-refractivity contribution in [1.82, 2.24) is 14.1 Å². The van der Waals surface area contributed by atoms with Gasteiger partial charge in [0, 0.05) is 13.1 Å². The van der Waals surface area contributed by atoms with E-state index in [4.69, 9.17) is 4.74 Å². The van der Waals surface area contributed by atoms with Crippen molar-refractivity contribution in [2.45, 2.75) is 45.4 Å². The summed E-state index contributed by atoms with van der Waals surface area (Å²) in [6, 6.07) is 6.91. The molecule has 1 saturated heterocycles. The number of sulfonamides is 1. The Bertz CT molecular complexity index is 973.